The smallest absolute Gasteiger partial charge is 0.221 e. The molecule has 0 aliphatic heterocycles. The largest absolute Gasteiger partial charge is 0.368 e. The lowest BCUT2D eigenvalue weighted by molar-refractivity contribution is 1.19. The third kappa shape index (κ3) is 2.46. The molecule has 2 N–H and O–H groups in total. The minimum Gasteiger partial charge on any atom is -0.368 e. The lowest BCUT2D eigenvalue weighted by Gasteiger charge is -2.09. The van der Waals surface area contributed by atoms with E-state index in [1.165, 1.54) is 0 Å². The van der Waals surface area contributed by atoms with Crippen molar-refractivity contribution in [2.24, 2.45) is 0 Å². The highest BCUT2D eigenvalue weighted by Gasteiger charge is 2.12. The van der Waals surface area contributed by atoms with E-state index in [1.807, 2.05) is 61.5 Å². The molecule has 0 bridgehead atoms. The van der Waals surface area contributed by atoms with E-state index in [2.05, 4.69) is 15.0 Å². The van der Waals surface area contributed by atoms with Gasteiger partial charge in [0.2, 0.25) is 5.95 Å². The van der Waals surface area contributed by atoms with Gasteiger partial charge in [-0.1, -0.05) is 36.4 Å². The van der Waals surface area contributed by atoms with Crippen LogP contribution in [0.25, 0.3) is 33.7 Å². The van der Waals surface area contributed by atoms with Crippen molar-refractivity contribution in [3.63, 3.8) is 0 Å². The molecule has 0 fully saturated rings. The normalized spacial score (nSPS) is 10.9. The number of anilines is 1. The predicted molar refractivity (Wildman–Crippen MR) is 95.1 cm³/mol. The van der Waals surface area contributed by atoms with Crippen LogP contribution < -0.4 is 5.73 Å². The van der Waals surface area contributed by atoms with Gasteiger partial charge < -0.3 is 5.73 Å². The number of pyridine rings is 2. The summed E-state index contributed by atoms with van der Waals surface area (Å²) in [5.41, 5.74) is 11.7. The molecule has 0 unspecified atom stereocenters. The van der Waals surface area contributed by atoms with Gasteiger partial charge in [0.25, 0.3) is 0 Å². The van der Waals surface area contributed by atoms with Gasteiger partial charge in [-0.05, 0) is 30.7 Å². The number of hydrogen-bond acceptors (Lipinski definition) is 5. The molecule has 1 aromatic carbocycles. The molecule has 3 aromatic heterocycles. The SMILES string of the molecule is Cc1cccnc1-c1ccc2nc(N)nc(-c3ccccc3)c2n1. The summed E-state index contributed by atoms with van der Waals surface area (Å²) < 4.78 is 0. The van der Waals surface area contributed by atoms with Crippen LogP contribution in [-0.4, -0.2) is 19.9 Å². The van der Waals surface area contributed by atoms with Gasteiger partial charge in [0, 0.05) is 11.8 Å². The zero-order valence-corrected chi connectivity index (χ0v) is 13.1. The van der Waals surface area contributed by atoms with Crippen LogP contribution in [0.4, 0.5) is 5.95 Å². The molecule has 4 rings (SSSR count). The molecule has 0 saturated carbocycles. The third-order valence-electron chi connectivity index (χ3n) is 3.86. The van der Waals surface area contributed by atoms with Crippen LogP contribution in [0, 0.1) is 6.92 Å². The standard InChI is InChI=1S/C19H15N5/c1-12-6-5-11-21-16(12)14-9-10-15-18(22-14)17(24-19(20)23-15)13-7-3-2-4-8-13/h2-11H,1H3,(H2,20,23,24). The summed E-state index contributed by atoms with van der Waals surface area (Å²) in [5, 5.41) is 0. The number of nitrogens with zero attached hydrogens (tertiary/aromatic N) is 4. The van der Waals surface area contributed by atoms with Gasteiger partial charge in [0.15, 0.2) is 0 Å². The topological polar surface area (TPSA) is 77.6 Å². The van der Waals surface area contributed by atoms with Crippen LogP contribution in [0.2, 0.25) is 0 Å². The summed E-state index contributed by atoms with van der Waals surface area (Å²) in [6.07, 6.45) is 1.77. The minimum atomic E-state index is 0.241. The monoisotopic (exact) mass is 313 g/mol. The number of aryl methyl sites for hydroxylation is 1. The first-order chi connectivity index (χ1) is 11.7. The lowest BCUT2D eigenvalue weighted by Crippen LogP contribution is -2.00. The lowest BCUT2D eigenvalue weighted by atomic mass is 10.1. The van der Waals surface area contributed by atoms with Gasteiger partial charge in [0.1, 0.15) is 11.2 Å². The molecule has 5 nitrogen and oxygen atoms in total. The molecule has 0 aliphatic carbocycles. The zero-order chi connectivity index (χ0) is 16.5. The van der Waals surface area contributed by atoms with Gasteiger partial charge in [-0.25, -0.2) is 15.0 Å². The molecule has 0 saturated heterocycles. The Balaban J connectivity index is 1.99. The molecule has 0 aliphatic rings. The first-order valence-corrected chi connectivity index (χ1v) is 7.64. The van der Waals surface area contributed by atoms with Gasteiger partial charge in [-0.15, -0.1) is 0 Å². The van der Waals surface area contributed by atoms with Crippen LogP contribution in [-0.2, 0) is 0 Å². The Labute approximate surface area is 139 Å². The number of hydrogen-bond donors (Lipinski definition) is 1. The van der Waals surface area contributed by atoms with E-state index in [4.69, 9.17) is 10.7 Å². The number of benzene rings is 1. The fourth-order valence-corrected chi connectivity index (χ4v) is 2.72. The Morgan fingerprint density at radius 2 is 1.62 bits per heavy atom. The highest BCUT2D eigenvalue weighted by Crippen LogP contribution is 2.28. The quantitative estimate of drug-likeness (QED) is 0.611. The Morgan fingerprint density at radius 3 is 2.42 bits per heavy atom. The maximum absolute atomic E-state index is 5.87. The van der Waals surface area contributed by atoms with E-state index in [1.54, 1.807) is 6.20 Å². The number of nitrogens with two attached hydrogens (primary N) is 1. The van der Waals surface area contributed by atoms with E-state index in [9.17, 15) is 0 Å². The number of nitrogen functional groups attached to an aromatic ring is 1. The molecule has 5 heteroatoms. The number of rotatable bonds is 2. The molecule has 3 heterocycles. The van der Waals surface area contributed by atoms with Crippen molar-refractivity contribution in [3.05, 3.63) is 66.4 Å². The summed E-state index contributed by atoms with van der Waals surface area (Å²) in [6.45, 7) is 2.02. The molecular weight excluding hydrogens is 298 g/mol. The first-order valence-electron chi connectivity index (χ1n) is 7.64. The second-order valence-electron chi connectivity index (χ2n) is 5.53. The van der Waals surface area contributed by atoms with Crippen LogP contribution in [0.15, 0.2) is 60.8 Å². The highest BCUT2D eigenvalue weighted by molar-refractivity contribution is 5.91. The molecule has 4 aromatic rings. The van der Waals surface area contributed by atoms with Crippen molar-refractivity contribution < 1.29 is 0 Å². The van der Waals surface area contributed by atoms with E-state index in [-0.39, 0.29) is 5.95 Å². The molecule has 0 spiro atoms. The van der Waals surface area contributed by atoms with E-state index < -0.39 is 0 Å². The van der Waals surface area contributed by atoms with Crippen LogP contribution in [0.5, 0.6) is 0 Å². The Morgan fingerprint density at radius 1 is 0.792 bits per heavy atom. The van der Waals surface area contributed by atoms with E-state index in [0.29, 0.717) is 0 Å². The van der Waals surface area contributed by atoms with Crippen molar-refractivity contribution >= 4 is 17.0 Å². The molecular formula is C19H15N5. The van der Waals surface area contributed by atoms with Gasteiger partial charge in [-0.2, -0.15) is 0 Å². The van der Waals surface area contributed by atoms with Crippen molar-refractivity contribution in [3.8, 4) is 22.6 Å². The van der Waals surface area contributed by atoms with Crippen molar-refractivity contribution in [1.82, 2.24) is 19.9 Å². The maximum atomic E-state index is 5.87. The summed E-state index contributed by atoms with van der Waals surface area (Å²) in [4.78, 5) is 17.9. The van der Waals surface area contributed by atoms with Gasteiger partial charge >= 0.3 is 0 Å². The third-order valence-corrected chi connectivity index (χ3v) is 3.86. The second kappa shape index (κ2) is 5.70. The average molecular weight is 313 g/mol. The van der Waals surface area contributed by atoms with Gasteiger partial charge in [-0.3, -0.25) is 4.98 Å². The Bertz CT molecular complexity index is 1030. The second-order valence-corrected chi connectivity index (χ2v) is 5.53. The highest BCUT2D eigenvalue weighted by atomic mass is 15.0. The zero-order valence-electron chi connectivity index (χ0n) is 13.1. The minimum absolute atomic E-state index is 0.241. The molecule has 0 amide bonds. The predicted octanol–water partition coefficient (Wildman–Crippen LogP) is 3.64. The first kappa shape index (κ1) is 14.3. The average Bonchev–Trinajstić information content (AvgIpc) is 2.62. The fourth-order valence-electron chi connectivity index (χ4n) is 2.72. The summed E-state index contributed by atoms with van der Waals surface area (Å²) in [6, 6.07) is 17.6. The van der Waals surface area contributed by atoms with Gasteiger partial charge in [0.05, 0.1) is 16.9 Å². The van der Waals surface area contributed by atoms with Crippen LogP contribution >= 0.6 is 0 Å². The molecule has 116 valence electrons. The van der Waals surface area contributed by atoms with E-state index >= 15 is 0 Å². The Kier molecular flexibility index (Phi) is 3.39. The number of fused-ring (bicyclic) bond motifs is 1. The Hall–Kier alpha value is -3.34. The van der Waals surface area contributed by atoms with Crippen molar-refractivity contribution in [2.45, 2.75) is 6.92 Å². The fraction of sp³-hybridized carbons (Fsp3) is 0.0526. The summed E-state index contributed by atoms with van der Waals surface area (Å²) >= 11 is 0. The van der Waals surface area contributed by atoms with Crippen molar-refractivity contribution in [2.75, 3.05) is 5.73 Å². The summed E-state index contributed by atoms with van der Waals surface area (Å²) in [5.74, 6) is 0.241. The number of aromatic nitrogens is 4. The molecule has 0 radical (unpaired) electrons. The molecule has 24 heavy (non-hydrogen) atoms. The van der Waals surface area contributed by atoms with Crippen LogP contribution in [0.1, 0.15) is 5.56 Å². The van der Waals surface area contributed by atoms with Crippen molar-refractivity contribution in [1.29, 1.82) is 0 Å². The van der Waals surface area contributed by atoms with Crippen LogP contribution in [0.3, 0.4) is 0 Å². The van der Waals surface area contributed by atoms with E-state index in [0.717, 1.165) is 39.2 Å². The summed E-state index contributed by atoms with van der Waals surface area (Å²) in [7, 11) is 0. The molecule has 0 atom stereocenters. The maximum Gasteiger partial charge on any atom is 0.221 e.